The summed E-state index contributed by atoms with van der Waals surface area (Å²) in [4.78, 5) is 6.73. The van der Waals surface area contributed by atoms with E-state index >= 15 is 0 Å². The van der Waals surface area contributed by atoms with Gasteiger partial charge in [-0.05, 0) is 36.5 Å². The van der Waals surface area contributed by atoms with Crippen LogP contribution in [-0.4, -0.2) is 63.3 Å². The summed E-state index contributed by atoms with van der Waals surface area (Å²) < 4.78 is 19.0. The number of morpholine rings is 1. The fraction of sp³-hybridized carbons (Fsp3) is 0.650. The van der Waals surface area contributed by atoms with Crippen molar-refractivity contribution in [3.8, 4) is 0 Å². The third kappa shape index (κ3) is 9.71. The third-order valence-corrected chi connectivity index (χ3v) is 4.39. The Morgan fingerprint density at radius 2 is 2.19 bits per heavy atom. The van der Waals surface area contributed by atoms with Crippen LogP contribution in [0.5, 0.6) is 0 Å². The van der Waals surface area contributed by atoms with Gasteiger partial charge in [0.15, 0.2) is 5.96 Å². The first kappa shape index (κ1) is 24.1. The maximum absolute atomic E-state index is 13.2. The molecule has 1 saturated heterocycles. The van der Waals surface area contributed by atoms with Gasteiger partial charge in [-0.15, -0.1) is 24.0 Å². The van der Waals surface area contributed by atoms with E-state index < -0.39 is 0 Å². The number of hydrogen-bond donors (Lipinski definition) is 2. The van der Waals surface area contributed by atoms with Gasteiger partial charge in [-0.25, -0.2) is 4.39 Å². The quantitative estimate of drug-likeness (QED) is 0.254. The van der Waals surface area contributed by atoms with Crippen molar-refractivity contribution >= 4 is 29.9 Å². The van der Waals surface area contributed by atoms with Crippen LogP contribution in [0.4, 0.5) is 4.39 Å². The summed E-state index contributed by atoms with van der Waals surface area (Å²) >= 11 is 0. The molecule has 27 heavy (non-hydrogen) atoms. The number of halogens is 2. The molecule has 7 heteroatoms. The van der Waals surface area contributed by atoms with E-state index in [4.69, 9.17) is 4.74 Å². The molecule has 1 aromatic carbocycles. The van der Waals surface area contributed by atoms with Crippen molar-refractivity contribution in [2.75, 3.05) is 46.4 Å². The zero-order valence-electron chi connectivity index (χ0n) is 16.7. The van der Waals surface area contributed by atoms with Crippen molar-refractivity contribution in [2.24, 2.45) is 10.9 Å². The number of nitrogens with one attached hydrogen (secondary N) is 2. The van der Waals surface area contributed by atoms with E-state index in [0.29, 0.717) is 5.92 Å². The number of benzene rings is 1. The molecular formula is C20H34FIN4O. The third-order valence-electron chi connectivity index (χ3n) is 4.39. The van der Waals surface area contributed by atoms with Gasteiger partial charge in [0.2, 0.25) is 0 Å². The van der Waals surface area contributed by atoms with Crippen LogP contribution in [-0.2, 0) is 11.2 Å². The molecule has 0 saturated carbocycles. The second-order valence-corrected chi connectivity index (χ2v) is 7.26. The van der Waals surface area contributed by atoms with Gasteiger partial charge in [0.1, 0.15) is 5.82 Å². The van der Waals surface area contributed by atoms with Gasteiger partial charge >= 0.3 is 0 Å². The number of aryl methyl sites for hydroxylation is 1. The second-order valence-electron chi connectivity index (χ2n) is 7.26. The number of nitrogens with zero attached hydrogens (tertiary/aromatic N) is 2. The molecule has 1 atom stereocenters. The highest BCUT2D eigenvalue weighted by Gasteiger charge is 2.20. The lowest BCUT2D eigenvalue weighted by atomic mass is 10.1. The Morgan fingerprint density at radius 3 is 2.89 bits per heavy atom. The largest absolute Gasteiger partial charge is 0.374 e. The van der Waals surface area contributed by atoms with Crippen LogP contribution in [0.3, 0.4) is 0 Å². The van der Waals surface area contributed by atoms with E-state index in [1.54, 1.807) is 19.2 Å². The lowest BCUT2D eigenvalue weighted by Crippen LogP contribution is -2.50. The molecule has 0 aliphatic carbocycles. The Balaban J connectivity index is 0.00000364. The molecule has 0 radical (unpaired) electrons. The predicted octanol–water partition coefficient (Wildman–Crippen LogP) is 2.90. The van der Waals surface area contributed by atoms with E-state index in [9.17, 15) is 4.39 Å². The number of aliphatic imine (C=N–C) groups is 1. The van der Waals surface area contributed by atoms with E-state index in [1.165, 1.54) is 6.07 Å². The van der Waals surface area contributed by atoms with Crippen molar-refractivity contribution < 1.29 is 9.13 Å². The molecule has 0 spiro atoms. The first-order chi connectivity index (χ1) is 12.6. The smallest absolute Gasteiger partial charge is 0.191 e. The number of rotatable bonds is 8. The fourth-order valence-electron chi connectivity index (χ4n) is 3.21. The van der Waals surface area contributed by atoms with Crippen molar-refractivity contribution in [3.05, 3.63) is 35.6 Å². The maximum Gasteiger partial charge on any atom is 0.191 e. The van der Waals surface area contributed by atoms with Gasteiger partial charge in [-0.1, -0.05) is 26.0 Å². The molecule has 0 bridgehead atoms. The van der Waals surface area contributed by atoms with Crippen molar-refractivity contribution in [1.82, 2.24) is 15.5 Å². The molecule has 1 aromatic rings. The topological polar surface area (TPSA) is 48.9 Å². The normalized spacial score (nSPS) is 18.3. The lowest BCUT2D eigenvalue weighted by molar-refractivity contribution is -0.0284. The van der Waals surface area contributed by atoms with Crippen LogP contribution < -0.4 is 10.6 Å². The molecule has 0 amide bonds. The molecule has 1 aliphatic rings. The Labute approximate surface area is 180 Å². The molecular weight excluding hydrogens is 458 g/mol. The number of ether oxygens (including phenoxy) is 1. The highest BCUT2D eigenvalue weighted by atomic mass is 127. The molecule has 1 aliphatic heterocycles. The van der Waals surface area contributed by atoms with Gasteiger partial charge in [0, 0.05) is 39.8 Å². The Hall–Kier alpha value is -0.930. The van der Waals surface area contributed by atoms with Gasteiger partial charge in [-0.3, -0.25) is 9.89 Å². The van der Waals surface area contributed by atoms with Crippen molar-refractivity contribution in [2.45, 2.75) is 32.8 Å². The SMILES string of the molecule is CN=C(NCCCc1cccc(F)c1)NCC1CN(CC(C)C)CCO1.I. The molecule has 2 N–H and O–H groups in total. The molecule has 5 nitrogen and oxygen atoms in total. The Kier molecular flexibility index (Phi) is 11.9. The summed E-state index contributed by atoms with van der Waals surface area (Å²) in [6, 6.07) is 6.78. The maximum atomic E-state index is 13.2. The van der Waals surface area contributed by atoms with Gasteiger partial charge in [-0.2, -0.15) is 0 Å². The highest BCUT2D eigenvalue weighted by Crippen LogP contribution is 2.08. The zero-order chi connectivity index (χ0) is 18.8. The minimum atomic E-state index is -0.174. The summed E-state index contributed by atoms with van der Waals surface area (Å²) in [6.07, 6.45) is 1.96. The fourth-order valence-corrected chi connectivity index (χ4v) is 3.21. The van der Waals surface area contributed by atoms with Gasteiger partial charge in [0.25, 0.3) is 0 Å². The highest BCUT2D eigenvalue weighted by molar-refractivity contribution is 14.0. The molecule has 0 aromatic heterocycles. The van der Waals surface area contributed by atoms with Gasteiger partial charge < -0.3 is 15.4 Å². The second kappa shape index (κ2) is 13.3. The zero-order valence-corrected chi connectivity index (χ0v) is 19.0. The first-order valence-electron chi connectivity index (χ1n) is 9.59. The van der Waals surface area contributed by atoms with Crippen LogP contribution in [0.1, 0.15) is 25.8 Å². The monoisotopic (exact) mass is 492 g/mol. The van der Waals surface area contributed by atoms with Crippen molar-refractivity contribution in [1.29, 1.82) is 0 Å². The summed E-state index contributed by atoms with van der Waals surface area (Å²) in [6.45, 7) is 9.92. The van der Waals surface area contributed by atoms with Gasteiger partial charge in [0.05, 0.1) is 12.7 Å². The van der Waals surface area contributed by atoms with Crippen LogP contribution in [0, 0.1) is 11.7 Å². The van der Waals surface area contributed by atoms with Crippen LogP contribution in [0.2, 0.25) is 0 Å². The van der Waals surface area contributed by atoms with E-state index in [1.807, 2.05) is 6.07 Å². The molecule has 1 fully saturated rings. The molecule has 1 heterocycles. The summed E-state index contributed by atoms with van der Waals surface area (Å²) in [5, 5.41) is 6.66. The van der Waals surface area contributed by atoms with Crippen LogP contribution >= 0.6 is 24.0 Å². The number of guanidine groups is 1. The van der Waals surface area contributed by atoms with Crippen LogP contribution in [0.25, 0.3) is 0 Å². The minimum Gasteiger partial charge on any atom is -0.374 e. The Bertz CT molecular complexity index is 571. The first-order valence-corrected chi connectivity index (χ1v) is 9.59. The number of hydrogen-bond acceptors (Lipinski definition) is 3. The van der Waals surface area contributed by atoms with E-state index in [0.717, 1.165) is 63.7 Å². The summed E-state index contributed by atoms with van der Waals surface area (Å²) in [7, 11) is 1.77. The molecule has 2 rings (SSSR count). The minimum absolute atomic E-state index is 0. The Morgan fingerprint density at radius 1 is 1.37 bits per heavy atom. The summed E-state index contributed by atoms with van der Waals surface area (Å²) in [5.74, 6) is 1.29. The van der Waals surface area contributed by atoms with E-state index in [2.05, 4.69) is 34.4 Å². The van der Waals surface area contributed by atoms with Crippen LogP contribution in [0.15, 0.2) is 29.3 Å². The predicted molar refractivity (Wildman–Crippen MR) is 121 cm³/mol. The van der Waals surface area contributed by atoms with E-state index in [-0.39, 0.29) is 35.9 Å². The average Bonchev–Trinajstić information content (AvgIpc) is 2.61. The van der Waals surface area contributed by atoms with Crippen molar-refractivity contribution in [3.63, 3.8) is 0 Å². The average molecular weight is 492 g/mol. The standard InChI is InChI=1S/C20H33FN4O.HI/c1-16(2)14-25-10-11-26-19(15-25)13-24-20(22-3)23-9-5-7-17-6-4-8-18(21)12-17;/h4,6,8,12,16,19H,5,7,9-11,13-15H2,1-3H3,(H2,22,23,24);1H. The molecule has 1 unspecified atom stereocenters. The lowest BCUT2D eigenvalue weighted by Gasteiger charge is -2.34. The molecule has 154 valence electrons. The summed E-state index contributed by atoms with van der Waals surface area (Å²) in [5.41, 5.74) is 1.02.